The molecule has 2 aromatic carbocycles. The van der Waals surface area contributed by atoms with E-state index in [1.807, 2.05) is 6.07 Å². The van der Waals surface area contributed by atoms with Gasteiger partial charge in [-0.15, -0.1) is 17.7 Å². The number of aliphatic hydroxyl groups excluding tert-OH is 2. The first kappa shape index (κ1) is 29.9. The normalized spacial score (nSPS) is 14.2. The molecule has 36 heavy (non-hydrogen) atoms. The van der Waals surface area contributed by atoms with Crippen LogP contribution in [-0.4, -0.2) is 32.4 Å². The number of aryl methyl sites for hydroxylation is 2. The van der Waals surface area contributed by atoms with E-state index >= 15 is 0 Å². The van der Waals surface area contributed by atoms with E-state index in [1.165, 1.54) is 0 Å². The van der Waals surface area contributed by atoms with Gasteiger partial charge in [0.2, 0.25) is 0 Å². The maximum Gasteiger partial charge on any atom is 0.194 e. The summed E-state index contributed by atoms with van der Waals surface area (Å²) in [6.07, 6.45) is 2.51. The average Bonchev–Trinajstić information content (AvgIpc) is 2.79. The van der Waals surface area contributed by atoms with Crippen molar-refractivity contribution in [1.29, 1.82) is 0 Å². The van der Waals surface area contributed by atoms with E-state index in [2.05, 4.69) is 9.97 Å². The fourth-order valence-corrected chi connectivity index (χ4v) is 3.70. The molecule has 1 aliphatic carbocycles. The van der Waals surface area contributed by atoms with Gasteiger partial charge in [0.25, 0.3) is 0 Å². The molecule has 0 saturated heterocycles. The minimum absolute atomic E-state index is 0. The van der Waals surface area contributed by atoms with Crippen LogP contribution in [0.25, 0.3) is 22.5 Å². The first-order valence-electron chi connectivity index (χ1n) is 11.0. The number of fused-ring (bicyclic) bond motifs is 1. The molecule has 1 radical (unpaired) electrons. The van der Waals surface area contributed by atoms with Crippen LogP contribution in [0.4, 0.5) is 26.3 Å². The second kappa shape index (κ2) is 12.8. The molecular weight excluding hydrogens is 666 g/mol. The van der Waals surface area contributed by atoms with Gasteiger partial charge in [0, 0.05) is 25.8 Å². The molecule has 2 atom stereocenters. The molecule has 1 aliphatic rings. The minimum atomic E-state index is -1.70. The maximum absolute atomic E-state index is 13.7. The number of hydrogen-bond donors (Lipinski definition) is 2. The van der Waals surface area contributed by atoms with Crippen LogP contribution in [0.3, 0.4) is 0 Å². The third-order valence-corrected chi connectivity index (χ3v) is 5.24. The molecule has 2 unspecified atom stereocenters. The summed E-state index contributed by atoms with van der Waals surface area (Å²) in [6.45, 7) is 3.32. The van der Waals surface area contributed by atoms with E-state index in [0.29, 0.717) is 36.7 Å². The predicted octanol–water partition coefficient (Wildman–Crippen LogP) is 5.46. The topological polar surface area (TPSA) is 66.2 Å². The SMILES string of the molecule is CC(O)CC(C)O.Fc1[c-]c(-c2nc3c(nc2-c2cc(F)c(F)c(F)c2)CCCC3)cc(F)c1F.[Ir]. The van der Waals surface area contributed by atoms with Crippen molar-refractivity contribution in [3.05, 3.63) is 70.6 Å². The van der Waals surface area contributed by atoms with Crippen molar-refractivity contribution < 1.29 is 56.7 Å². The van der Waals surface area contributed by atoms with Crippen LogP contribution in [0, 0.1) is 41.0 Å². The van der Waals surface area contributed by atoms with Crippen molar-refractivity contribution >= 4 is 0 Å². The standard InChI is InChI=1S/C20H11F6N2.C5H12O2.Ir/c21-11-5-9(6-12(22)17(11)25)19-20(10-7-13(23)18(26)14(24)8-10)28-16-4-2-1-3-15(16)27-19;1-4(6)3-5(2)7;/h5-7H,1-4H2;4-7H,3H2,1-2H3;/q-1;;. The summed E-state index contributed by atoms with van der Waals surface area (Å²) in [5.41, 5.74) is 0.511. The van der Waals surface area contributed by atoms with E-state index in [1.54, 1.807) is 13.8 Å². The number of nitrogens with zero attached hydrogens (tertiary/aromatic N) is 2. The number of rotatable bonds is 4. The fraction of sp³-hybridized carbons (Fsp3) is 0.360. The molecule has 197 valence electrons. The smallest absolute Gasteiger partial charge is 0.194 e. The molecular formula is C25H23F6IrN2O2-. The van der Waals surface area contributed by atoms with Crippen molar-refractivity contribution in [3.8, 4) is 22.5 Å². The Morgan fingerprint density at radius 2 is 1.25 bits per heavy atom. The van der Waals surface area contributed by atoms with Gasteiger partial charge in [-0.1, -0.05) is 0 Å². The quantitative estimate of drug-likeness (QED) is 0.217. The van der Waals surface area contributed by atoms with Crippen LogP contribution >= 0.6 is 0 Å². The van der Waals surface area contributed by atoms with Crippen LogP contribution in [-0.2, 0) is 32.9 Å². The largest absolute Gasteiger partial charge is 0.393 e. The van der Waals surface area contributed by atoms with Gasteiger partial charge >= 0.3 is 0 Å². The summed E-state index contributed by atoms with van der Waals surface area (Å²) < 4.78 is 81.6. The molecule has 0 saturated carbocycles. The van der Waals surface area contributed by atoms with Gasteiger partial charge in [-0.05, 0) is 63.6 Å². The Morgan fingerprint density at radius 3 is 1.69 bits per heavy atom. The van der Waals surface area contributed by atoms with Crippen LogP contribution in [0.15, 0.2) is 18.2 Å². The number of halogens is 6. The Bertz CT molecular complexity index is 1080. The molecule has 0 bridgehead atoms. The summed E-state index contributed by atoms with van der Waals surface area (Å²) >= 11 is 0. The summed E-state index contributed by atoms with van der Waals surface area (Å²) in [5.74, 6) is -9.26. The Kier molecular flexibility index (Phi) is 10.6. The van der Waals surface area contributed by atoms with Gasteiger partial charge in [-0.25, -0.2) is 22.0 Å². The molecule has 1 heterocycles. The molecule has 4 rings (SSSR count). The van der Waals surface area contributed by atoms with Crippen molar-refractivity contribution in [3.63, 3.8) is 0 Å². The van der Waals surface area contributed by atoms with Crippen LogP contribution in [0.1, 0.15) is 44.5 Å². The molecule has 1 aromatic heterocycles. The molecule has 0 fully saturated rings. The van der Waals surface area contributed by atoms with E-state index in [0.717, 1.165) is 25.0 Å². The number of benzene rings is 2. The second-order valence-electron chi connectivity index (χ2n) is 8.37. The molecule has 0 spiro atoms. The number of hydrogen-bond acceptors (Lipinski definition) is 4. The zero-order valence-electron chi connectivity index (χ0n) is 19.3. The van der Waals surface area contributed by atoms with Crippen molar-refractivity contribution in [2.24, 2.45) is 0 Å². The Hall–Kier alpha value is -2.33. The Morgan fingerprint density at radius 1 is 0.778 bits per heavy atom. The number of aliphatic hydroxyl groups is 2. The van der Waals surface area contributed by atoms with Crippen LogP contribution < -0.4 is 0 Å². The van der Waals surface area contributed by atoms with E-state index in [-0.39, 0.29) is 54.8 Å². The van der Waals surface area contributed by atoms with Gasteiger partial charge in [-0.3, -0.25) is 14.4 Å². The fourth-order valence-electron chi connectivity index (χ4n) is 3.70. The van der Waals surface area contributed by atoms with Crippen molar-refractivity contribution in [2.75, 3.05) is 0 Å². The Balaban J connectivity index is 0.000000503. The van der Waals surface area contributed by atoms with Crippen molar-refractivity contribution in [2.45, 2.75) is 58.2 Å². The molecule has 2 N–H and O–H groups in total. The van der Waals surface area contributed by atoms with E-state index in [4.69, 9.17) is 10.2 Å². The van der Waals surface area contributed by atoms with Gasteiger partial charge in [0.15, 0.2) is 17.5 Å². The zero-order chi connectivity index (χ0) is 25.9. The van der Waals surface area contributed by atoms with Gasteiger partial charge < -0.3 is 10.2 Å². The van der Waals surface area contributed by atoms with Crippen LogP contribution in [0.5, 0.6) is 0 Å². The molecule has 0 amide bonds. The van der Waals surface area contributed by atoms with Crippen LogP contribution in [0.2, 0.25) is 0 Å². The summed E-state index contributed by atoms with van der Waals surface area (Å²) in [4.78, 5) is 8.74. The van der Waals surface area contributed by atoms with Crippen molar-refractivity contribution in [1.82, 2.24) is 9.97 Å². The predicted molar refractivity (Wildman–Crippen MR) is 116 cm³/mol. The second-order valence-corrected chi connectivity index (χ2v) is 8.37. The number of aromatic nitrogens is 2. The monoisotopic (exact) mass is 690 g/mol. The summed E-state index contributed by atoms with van der Waals surface area (Å²) in [6, 6.07) is 4.16. The van der Waals surface area contributed by atoms with E-state index in [9.17, 15) is 26.3 Å². The third-order valence-electron chi connectivity index (χ3n) is 5.24. The molecule has 11 heteroatoms. The Labute approximate surface area is 217 Å². The molecule has 3 aromatic rings. The minimum Gasteiger partial charge on any atom is -0.393 e. The van der Waals surface area contributed by atoms with Gasteiger partial charge in [0.1, 0.15) is 5.82 Å². The average molecular weight is 690 g/mol. The maximum atomic E-state index is 13.7. The summed E-state index contributed by atoms with van der Waals surface area (Å²) in [5, 5.41) is 17.1. The molecule has 0 aliphatic heterocycles. The van der Waals surface area contributed by atoms with E-state index < -0.39 is 34.9 Å². The third kappa shape index (κ3) is 7.12. The zero-order valence-corrected chi connectivity index (χ0v) is 21.7. The molecule has 4 nitrogen and oxygen atoms in total. The first-order valence-corrected chi connectivity index (χ1v) is 11.0. The van der Waals surface area contributed by atoms with Gasteiger partial charge in [0.05, 0.1) is 40.9 Å². The summed E-state index contributed by atoms with van der Waals surface area (Å²) in [7, 11) is 0. The first-order chi connectivity index (χ1) is 16.5. The van der Waals surface area contributed by atoms with Gasteiger partial charge in [-0.2, -0.15) is 0 Å².